The molecule has 0 aromatic carbocycles. The molecule has 0 aliphatic heterocycles. The molecule has 0 saturated carbocycles. The molecular weight excluding hydrogens is 446 g/mol. The summed E-state index contributed by atoms with van der Waals surface area (Å²) in [6, 6.07) is 0. The van der Waals surface area contributed by atoms with E-state index in [4.69, 9.17) is 0 Å². The van der Waals surface area contributed by atoms with E-state index in [0.717, 1.165) is 0 Å². The van der Waals surface area contributed by atoms with Crippen molar-refractivity contribution in [3.8, 4) is 0 Å². The van der Waals surface area contributed by atoms with Gasteiger partial charge in [0.15, 0.2) is 0 Å². The molecule has 0 atom stereocenters. The van der Waals surface area contributed by atoms with Gasteiger partial charge in [-0.25, -0.2) is 0 Å². The van der Waals surface area contributed by atoms with Gasteiger partial charge in [0, 0.05) is 33.6 Å². The normalized spacial score (nSPS) is 0. The molecule has 0 N–H and O–H groups in total. The first-order chi connectivity index (χ1) is 0. The van der Waals surface area contributed by atoms with E-state index < -0.39 is 0 Å². The van der Waals surface area contributed by atoms with Gasteiger partial charge in [-0.3, -0.25) is 0 Å². The van der Waals surface area contributed by atoms with Crippen LogP contribution in [0.2, 0.25) is 0 Å². The molecule has 0 aromatic rings. The summed E-state index contributed by atoms with van der Waals surface area (Å²) in [6.07, 6.45) is 0. The van der Waals surface area contributed by atoms with Crippen LogP contribution in [0.3, 0.4) is 0 Å². The van der Waals surface area contributed by atoms with Gasteiger partial charge in [0.05, 0.1) is 0 Å². The maximum absolute atomic E-state index is 0. The molecule has 0 heterocycles. The van der Waals surface area contributed by atoms with Crippen molar-refractivity contribution in [2.75, 3.05) is 0 Å². The third-order valence-corrected chi connectivity index (χ3v) is 0. The molecule has 0 rings (SSSR count). The Balaban J connectivity index is 0. The Bertz CT molecular complexity index is 10.9. The van der Waals surface area contributed by atoms with Crippen molar-refractivity contribution in [3.63, 3.8) is 0 Å². The molecule has 0 aliphatic rings. The van der Waals surface area contributed by atoms with Crippen molar-refractivity contribution in [1.29, 1.82) is 0 Å². The smallest absolute Gasteiger partial charge is 2.00 e. The fourth-order valence-electron chi connectivity index (χ4n) is 0. The van der Waals surface area contributed by atoms with E-state index in [1.165, 1.54) is 0 Å². The van der Waals surface area contributed by atoms with Gasteiger partial charge in [-0.2, -0.15) is 0 Å². The monoisotopic (exact) mass is 446 g/mol. The van der Waals surface area contributed by atoms with Gasteiger partial charge in [-0.1, -0.05) is 0 Å². The van der Waals surface area contributed by atoms with Crippen LogP contribution >= 0.6 is 0 Å². The summed E-state index contributed by atoms with van der Waals surface area (Å²) in [5.41, 5.74) is 0. The number of rotatable bonds is 0. The zero-order chi connectivity index (χ0) is 0. The molecular formula is Ce2Co2O3. The zero-order valence-corrected chi connectivity index (χ0v) is 11.3. The Kier molecular flexibility index (Phi) is 577. The van der Waals surface area contributed by atoms with Crippen molar-refractivity contribution < 1.29 is 133 Å². The minimum absolute atomic E-state index is 0. The van der Waals surface area contributed by atoms with Crippen LogP contribution in [0.25, 0.3) is 0 Å². The quantitative estimate of drug-likeness (QED) is 0.487. The molecule has 0 bridgehead atoms. The van der Waals surface area contributed by atoms with E-state index in [0.29, 0.717) is 0 Å². The Morgan fingerprint density at radius 2 is 0.429 bits per heavy atom. The van der Waals surface area contributed by atoms with Gasteiger partial charge in [-0.15, -0.1) is 0 Å². The van der Waals surface area contributed by atoms with Gasteiger partial charge in [0.1, 0.15) is 0 Å². The maximum Gasteiger partial charge on any atom is 3.00 e. The summed E-state index contributed by atoms with van der Waals surface area (Å²) >= 11 is 0. The first-order valence-corrected chi connectivity index (χ1v) is 0. The average Bonchev–Trinajstić information content (AvgIpc) is 0. The second kappa shape index (κ2) is 54.2. The zero-order valence-electron chi connectivity index (χ0n) is 2.89. The Morgan fingerprint density at radius 3 is 0.429 bits per heavy atom. The Labute approximate surface area is 130 Å². The van der Waals surface area contributed by atoms with Crippen LogP contribution in [0.15, 0.2) is 0 Å². The third kappa shape index (κ3) is 42.4. The molecule has 0 unspecified atom stereocenters. The van der Waals surface area contributed by atoms with Crippen molar-refractivity contribution in [2.45, 2.75) is 0 Å². The minimum Gasteiger partial charge on any atom is -2.00 e. The summed E-state index contributed by atoms with van der Waals surface area (Å²) < 4.78 is 0. The van der Waals surface area contributed by atoms with Crippen molar-refractivity contribution in [3.05, 3.63) is 0 Å². The standard InChI is InChI=1S/2Ce.2Co.3O/q2*+3;;;3*-2. The first kappa shape index (κ1) is 74.5. The minimum atomic E-state index is 0. The molecule has 3 nitrogen and oxygen atoms in total. The van der Waals surface area contributed by atoms with E-state index in [1.54, 1.807) is 0 Å². The maximum atomic E-state index is 0. The van der Waals surface area contributed by atoms with Crippen LogP contribution in [0.5, 0.6) is 0 Å². The second-order valence-corrected chi connectivity index (χ2v) is 0. The number of hydrogen-bond acceptors (Lipinski definition) is 0. The second-order valence-electron chi connectivity index (χ2n) is 0. The van der Waals surface area contributed by atoms with Gasteiger partial charge >= 0.3 is 83.5 Å². The van der Waals surface area contributed by atoms with Gasteiger partial charge in [0.25, 0.3) is 0 Å². The summed E-state index contributed by atoms with van der Waals surface area (Å²) in [5.74, 6) is 0. The molecule has 0 aromatic heterocycles. The molecule has 4 radical (unpaired) electrons. The molecule has 0 saturated heterocycles. The van der Waals surface area contributed by atoms with Crippen LogP contribution in [0, 0.1) is 83.5 Å². The Hall–Kier alpha value is 3.65. The predicted octanol–water partition coefficient (Wildman–Crippen LogP) is -0.361. The van der Waals surface area contributed by atoms with Crippen molar-refractivity contribution in [2.24, 2.45) is 0 Å². The molecule has 7 heteroatoms. The van der Waals surface area contributed by atoms with E-state index >= 15 is 0 Å². The number of hydrogen-bond donors (Lipinski definition) is 0. The van der Waals surface area contributed by atoms with Crippen LogP contribution in [0.4, 0.5) is 0 Å². The molecule has 0 fully saturated rings. The SMILES string of the molecule is [Ce+3].[Ce+3].[Co].[Co].[O-2].[O-2].[O-2]. The van der Waals surface area contributed by atoms with Crippen LogP contribution < -0.4 is 0 Å². The fourth-order valence-corrected chi connectivity index (χ4v) is 0. The molecule has 0 spiro atoms. The fraction of sp³-hybridized carbons (Fsp3) is 0. The average molecular weight is 446 g/mol. The topological polar surface area (TPSA) is 85.5 Å². The van der Waals surface area contributed by atoms with Gasteiger partial charge < -0.3 is 16.4 Å². The largest absolute Gasteiger partial charge is 3.00 e. The third-order valence-electron chi connectivity index (χ3n) is 0. The summed E-state index contributed by atoms with van der Waals surface area (Å²) in [6.45, 7) is 0. The van der Waals surface area contributed by atoms with Gasteiger partial charge in [-0.05, 0) is 0 Å². The van der Waals surface area contributed by atoms with E-state index in [1.807, 2.05) is 0 Å². The molecule has 0 amide bonds. The van der Waals surface area contributed by atoms with Crippen LogP contribution in [-0.2, 0) is 50.0 Å². The molecule has 0 aliphatic carbocycles. The van der Waals surface area contributed by atoms with Crippen molar-refractivity contribution >= 4 is 0 Å². The van der Waals surface area contributed by atoms with Crippen LogP contribution in [-0.4, -0.2) is 0 Å². The van der Waals surface area contributed by atoms with E-state index in [2.05, 4.69) is 0 Å². The first-order valence-electron chi connectivity index (χ1n) is 0. The Morgan fingerprint density at radius 1 is 0.429 bits per heavy atom. The predicted molar refractivity (Wildman–Crippen MR) is 2.06 cm³/mol. The van der Waals surface area contributed by atoms with Crippen LogP contribution in [0.1, 0.15) is 0 Å². The van der Waals surface area contributed by atoms with Gasteiger partial charge in [0.2, 0.25) is 0 Å². The molecule has 7 heavy (non-hydrogen) atoms. The van der Waals surface area contributed by atoms with E-state index in [9.17, 15) is 0 Å². The summed E-state index contributed by atoms with van der Waals surface area (Å²) in [5, 5.41) is 0. The molecule has 44 valence electrons. The summed E-state index contributed by atoms with van der Waals surface area (Å²) in [7, 11) is 0. The van der Waals surface area contributed by atoms with Crippen molar-refractivity contribution in [1.82, 2.24) is 0 Å². The van der Waals surface area contributed by atoms with E-state index in [-0.39, 0.29) is 133 Å². The summed E-state index contributed by atoms with van der Waals surface area (Å²) in [4.78, 5) is 0.